The lowest BCUT2D eigenvalue weighted by molar-refractivity contribution is -0.0519. The fourth-order valence-corrected chi connectivity index (χ4v) is 7.22. The SMILES string of the molecule is O=S(=O)(N1CCCN(S(=O)(=O)C(F)(F)F)CCN(S(=O)(=O)C(F)(F)F)CCCN(S(=O)(=O)C(F)(F)F)CC1)C(F)(F)F. The molecular weight excluding hydrogens is 708 g/mol. The monoisotopic (exact) mass is 728 g/mol. The van der Waals surface area contributed by atoms with Crippen molar-refractivity contribution in [2.24, 2.45) is 0 Å². The highest BCUT2D eigenvalue weighted by molar-refractivity contribution is 7.90. The molecule has 0 radical (unpaired) electrons. The fraction of sp³-hybridized carbons (Fsp3) is 1.00. The van der Waals surface area contributed by atoms with E-state index in [0.29, 0.717) is 0 Å². The molecule has 1 heterocycles. The quantitative estimate of drug-likeness (QED) is 0.395. The maximum atomic E-state index is 13.1. The Balaban J connectivity index is 3.70. The smallest absolute Gasteiger partial charge is 0.203 e. The molecule has 0 aromatic carbocycles. The van der Waals surface area contributed by atoms with Crippen LogP contribution in [0.4, 0.5) is 52.7 Å². The molecule has 42 heavy (non-hydrogen) atoms. The molecule has 0 aromatic rings. The van der Waals surface area contributed by atoms with Gasteiger partial charge in [-0.2, -0.15) is 69.9 Å². The molecule has 1 aliphatic heterocycles. The van der Waals surface area contributed by atoms with Crippen LogP contribution in [0.15, 0.2) is 0 Å². The van der Waals surface area contributed by atoms with Gasteiger partial charge in [0.05, 0.1) is 0 Å². The standard InChI is InChI=1S/C14H20F12N4O8S4/c15-11(16,17)39(31,32)27-3-1-4-28(40(33,34)12(18,19)20)8-10-30(42(37,38)14(24,25)26)6-2-5-29(9-7-27)41(35,36)13(21,22)23/h1-10H2. The van der Waals surface area contributed by atoms with Crippen molar-refractivity contribution in [2.75, 3.05) is 52.4 Å². The summed E-state index contributed by atoms with van der Waals surface area (Å²) in [7, 11) is -26.0. The van der Waals surface area contributed by atoms with E-state index in [9.17, 15) is 86.4 Å². The van der Waals surface area contributed by atoms with Crippen LogP contribution in [-0.4, -0.2) is 125 Å². The number of rotatable bonds is 4. The summed E-state index contributed by atoms with van der Waals surface area (Å²) in [6, 6.07) is 0. The van der Waals surface area contributed by atoms with Crippen molar-refractivity contribution >= 4 is 40.1 Å². The first kappa shape index (κ1) is 38.8. The second-order valence-corrected chi connectivity index (χ2v) is 15.8. The topological polar surface area (TPSA) is 150 Å². The average molecular weight is 729 g/mol. The minimum atomic E-state index is -6.51. The Morgan fingerprint density at radius 2 is 0.452 bits per heavy atom. The van der Waals surface area contributed by atoms with E-state index in [1.54, 1.807) is 0 Å². The van der Waals surface area contributed by atoms with E-state index >= 15 is 0 Å². The number of sulfonamides is 4. The minimum Gasteiger partial charge on any atom is -0.203 e. The zero-order chi connectivity index (χ0) is 33.4. The number of hydrogen-bond donors (Lipinski definition) is 0. The molecule has 1 rings (SSSR count). The van der Waals surface area contributed by atoms with Crippen molar-refractivity contribution in [3.63, 3.8) is 0 Å². The van der Waals surface area contributed by atoms with E-state index < -0.39 is 145 Å². The molecule has 0 aliphatic carbocycles. The van der Waals surface area contributed by atoms with E-state index in [4.69, 9.17) is 0 Å². The Hall–Kier alpha value is -1.20. The molecule has 0 unspecified atom stereocenters. The summed E-state index contributed by atoms with van der Waals surface area (Å²) < 4.78 is 250. The normalized spacial score (nSPS) is 21.2. The molecule has 12 nitrogen and oxygen atoms in total. The highest BCUT2D eigenvalue weighted by atomic mass is 32.2. The predicted molar refractivity (Wildman–Crippen MR) is 115 cm³/mol. The van der Waals surface area contributed by atoms with Gasteiger partial charge in [-0.05, 0) is 12.8 Å². The van der Waals surface area contributed by atoms with Crippen LogP contribution in [-0.2, 0) is 40.1 Å². The molecule has 0 N–H and O–H groups in total. The van der Waals surface area contributed by atoms with Gasteiger partial charge in [-0.25, -0.2) is 33.7 Å². The summed E-state index contributed by atoms with van der Waals surface area (Å²) in [6.07, 6.45) is -2.61. The molecule has 0 atom stereocenters. The van der Waals surface area contributed by atoms with Crippen LogP contribution in [0.1, 0.15) is 12.8 Å². The van der Waals surface area contributed by atoms with E-state index in [-0.39, 0.29) is 0 Å². The van der Waals surface area contributed by atoms with Crippen LogP contribution in [0.25, 0.3) is 0 Å². The van der Waals surface area contributed by atoms with Crippen molar-refractivity contribution in [3.8, 4) is 0 Å². The maximum absolute atomic E-state index is 13.1. The number of hydrogen-bond acceptors (Lipinski definition) is 8. The first-order chi connectivity index (χ1) is 18.4. The molecule has 252 valence electrons. The van der Waals surface area contributed by atoms with Gasteiger partial charge < -0.3 is 0 Å². The van der Waals surface area contributed by atoms with Gasteiger partial charge in [0.25, 0.3) is 0 Å². The van der Waals surface area contributed by atoms with Crippen LogP contribution < -0.4 is 0 Å². The van der Waals surface area contributed by atoms with Crippen LogP contribution in [0, 0.1) is 0 Å². The number of halogens is 12. The first-order valence-electron chi connectivity index (χ1n) is 10.7. The Morgan fingerprint density at radius 3 is 0.571 bits per heavy atom. The molecule has 0 amide bonds. The second-order valence-electron chi connectivity index (χ2n) is 8.11. The highest BCUT2D eigenvalue weighted by Crippen LogP contribution is 2.32. The highest BCUT2D eigenvalue weighted by Gasteiger charge is 2.54. The summed E-state index contributed by atoms with van der Waals surface area (Å²) in [5.41, 5.74) is -24.7. The van der Waals surface area contributed by atoms with Gasteiger partial charge in [0.1, 0.15) is 0 Å². The van der Waals surface area contributed by atoms with Gasteiger partial charge in [-0.1, -0.05) is 0 Å². The lowest BCUT2D eigenvalue weighted by Gasteiger charge is -2.31. The molecule has 1 fully saturated rings. The average Bonchev–Trinajstić information content (AvgIpc) is 2.76. The van der Waals surface area contributed by atoms with E-state index in [1.807, 2.05) is 0 Å². The lowest BCUT2D eigenvalue weighted by Crippen LogP contribution is -2.51. The third kappa shape index (κ3) is 8.49. The summed E-state index contributed by atoms with van der Waals surface area (Å²) in [5.74, 6) is 0. The fourth-order valence-electron chi connectivity index (χ4n) is 3.29. The van der Waals surface area contributed by atoms with Crippen molar-refractivity contribution in [1.29, 1.82) is 0 Å². The van der Waals surface area contributed by atoms with Gasteiger partial charge in [0, 0.05) is 52.4 Å². The summed E-state index contributed by atoms with van der Waals surface area (Å²) >= 11 is 0. The maximum Gasteiger partial charge on any atom is 0.511 e. The summed E-state index contributed by atoms with van der Waals surface area (Å²) in [6.45, 7) is -13.3. The molecular formula is C14H20F12N4O8S4. The Labute approximate surface area is 231 Å². The number of nitrogens with zero attached hydrogens (tertiary/aromatic N) is 4. The molecule has 0 aromatic heterocycles. The van der Waals surface area contributed by atoms with E-state index in [0.717, 1.165) is 0 Å². The van der Waals surface area contributed by atoms with Gasteiger partial charge in [0.15, 0.2) is 0 Å². The van der Waals surface area contributed by atoms with Crippen LogP contribution in [0.5, 0.6) is 0 Å². The zero-order valence-electron chi connectivity index (χ0n) is 20.3. The third-order valence-electron chi connectivity index (χ3n) is 5.36. The van der Waals surface area contributed by atoms with Crippen LogP contribution in [0.3, 0.4) is 0 Å². The minimum absolute atomic E-state index is 0.670. The van der Waals surface area contributed by atoms with Gasteiger partial charge >= 0.3 is 62.1 Å². The second kappa shape index (κ2) is 12.7. The summed E-state index contributed by atoms with van der Waals surface area (Å²) in [4.78, 5) is 0. The molecule has 0 bridgehead atoms. The molecule has 28 heteroatoms. The Morgan fingerprint density at radius 1 is 0.310 bits per heavy atom. The van der Waals surface area contributed by atoms with E-state index in [2.05, 4.69) is 0 Å². The molecule has 1 saturated heterocycles. The van der Waals surface area contributed by atoms with Gasteiger partial charge in [-0.3, -0.25) is 0 Å². The van der Waals surface area contributed by atoms with Gasteiger partial charge in [-0.15, -0.1) is 0 Å². The largest absolute Gasteiger partial charge is 0.511 e. The van der Waals surface area contributed by atoms with Crippen LogP contribution >= 0.6 is 0 Å². The summed E-state index contributed by atoms with van der Waals surface area (Å²) in [5, 5.41) is 0. The van der Waals surface area contributed by atoms with Crippen molar-refractivity contribution in [1.82, 2.24) is 17.2 Å². The lowest BCUT2D eigenvalue weighted by atomic mass is 10.3. The van der Waals surface area contributed by atoms with Crippen LogP contribution in [0.2, 0.25) is 0 Å². The zero-order valence-corrected chi connectivity index (χ0v) is 23.6. The molecule has 1 aliphatic rings. The van der Waals surface area contributed by atoms with Gasteiger partial charge in [0.2, 0.25) is 0 Å². The molecule has 0 spiro atoms. The predicted octanol–water partition coefficient (Wildman–Crippen LogP) is 1.39. The molecule has 0 saturated carbocycles. The Bertz CT molecular complexity index is 1160. The van der Waals surface area contributed by atoms with Crippen molar-refractivity contribution in [2.45, 2.75) is 34.9 Å². The first-order valence-corrected chi connectivity index (χ1v) is 16.4. The van der Waals surface area contributed by atoms with Crippen molar-refractivity contribution in [3.05, 3.63) is 0 Å². The van der Waals surface area contributed by atoms with Crippen molar-refractivity contribution < 1.29 is 86.4 Å². The Kier molecular flexibility index (Phi) is 11.7. The van der Waals surface area contributed by atoms with E-state index in [1.165, 1.54) is 0 Å². The number of alkyl halides is 12. The third-order valence-corrected chi connectivity index (χ3v) is 11.9.